The van der Waals surface area contributed by atoms with Gasteiger partial charge in [-0.1, -0.05) is 15.9 Å². The van der Waals surface area contributed by atoms with Gasteiger partial charge in [0.05, 0.1) is 4.92 Å². The molecule has 8 heteroatoms. The zero-order chi connectivity index (χ0) is 14.9. The summed E-state index contributed by atoms with van der Waals surface area (Å²) in [6.07, 6.45) is 1.35. The fourth-order valence-electron chi connectivity index (χ4n) is 1.55. The molecule has 1 heterocycles. The average Bonchev–Trinajstić information content (AvgIpc) is 2.34. The molecule has 0 spiro atoms. The summed E-state index contributed by atoms with van der Waals surface area (Å²) in [6.45, 7) is 1.63. The smallest absolute Gasteiger partial charge is 0.313 e. The van der Waals surface area contributed by atoms with Crippen LogP contribution in [0.1, 0.15) is 5.56 Å². The van der Waals surface area contributed by atoms with E-state index in [2.05, 4.69) is 36.8 Å². The molecule has 2 aromatic rings. The summed E-state index contributed by atoms with van der Waals surface area (Å²) in [5.74, 6) is -1.07. The minimum absolute atomic E-state index is 0.0353. The molecule has 1 aromatic carbocycles. The molecule has 20 heavy (non-hydrogen) atoms. The molecule has 0 radical (unpaired) electrons. The van der Waals surface area contributed by atoms with Crippen LogP contribution in [0.3, 0.4) is 0 Å². The van der Waals surface area contributed by atoms with Crippen molar-refractivity contribution in [2.24, 2.45) is 0 Å². The number of aromatic nitrogens is 1. The van der Waals surface area contributed by atoms with Gasteiger partial charge in [-0.3, -0.25) is 10.1 Å². The van der Waals surface area contributed by atoms with Crippen LogP contribution < -0.4 is 4.74 Å². The first kappa shape index (κ1) is 14.9. The van der Waals surface area contributed by atoms with Gasteiger partial charge in [-0.2, -0.15) is 0 Å². The fraction of sp³-hybridized carbons (Fsp3) is 0.0833. The first-order valence-electron chi connectivity index (χ1n) is 5.32. The van der Waals surface area contributed by atoms with E-state index in [9.17, 15) is 14.5 Å². The van der Waals surface area contributed by atoms with Crippen LogP contribution in [0.25, 0.3) is 0 Å². The summed E-state index contributed by atoms with van der Waals surface area (Å²) in [6, 6.07) is 4.10. The number of nitro groups is 1. The Kier molecular flexibility index (Phi) is 4.34. The van der Waals surface area contributed by atoms with Gasteiger partial charge in [-0.15, -0.1) is 0 Å². The average molecular weight is 406 g/mol. The van der Waals surface area contributed by atoms with Crippen LogP contribution in [0.5, 0.6) is 11.6 Å². The van der Waals surface area contributed by atoms with Crippen molar-refractivity contribution in [2.75, 3.05) is 0 Å². The van der Waals surface area contributed by atoms with Gasteiger partial charge < -0.3 is 4.74 Å². The number of hydrogen-bond acceptors (Lipinski definition) is 4. The highest BCUT2D eigenvalue weighted by molar-refractivity contribution is 9.10. The maximum Gasteiger partial charge on any atom is 0.313 e. The van der Waals surface area contributed by atoms with Crippen LogP contribution in [0.4, 0.5) is 10.1 Å². The molecule has 0 atom stereocenters. The lowest BCUT2D eigenvalue weighted by atomic mass is 10.2. The third kappa shape index (κ3) is 3.13. The number of aryl methyl sites for hydroxylation is 1. The molecule has 0 saturated heterocycles. The Morgan fingerprint density at radius 1 is 1.30 bits per heavy atom. The number of halogens is 3. The van der Waals surface area contributed by atoms with Crippen molar-refractivity contribution in [1.82, 2.24) is 4.98 Å². The Hall–Kier alpha value is -1.54. The number of benzene rings is 1. The monoisotopic (exact) mass is 404 g/mol. The maximum atomic E-state index is 13.7. The van der Waals surface area contributed by atoms with Crippen molar-refractivity contribution in [1.29, 1.82) is 0 Å². The van der Waals surface area contributed by atoms with Crippen molar-refractivity contribution >= 4 is 37.5 Å². The number of rotatable bonds is 3. The number of hydrogen-bond donors (Lipinski definition) is 0. The largest absolute Gasteiger partial charge is 0.429 e. The fourth-order valence-corrected chi connectivity index (χ4v) is 2.42. The number of nitro benzene ring substituents is 1. The highest BCUT2D eigenvalue weighted by Crippen LogP contribution is 2.37. The molecule has 1 aromatic heterocycles. The topological polar surface area (TPSA) is 65.3 Å². The standard InChI is InChI=1S/C12H7Br2FN2O3/c1-6-2-7(13)4-10(17(18)19)11(6)20-12-9(15)3-8(14)5-16-12/h2-5H,1H3. The minimum Gasteiger partial charge on any atom is -0.429 e. The van der Waals surface area contributed by atoms with E-state index in [-0.39, 0.29) is 17.3 Å². The molecular weight excluding hydrogens is 399 g/mol. The van der Waals surface area contributed by atoms with E-state index in [0.717, 1.165) is 0 Å². The SMILES string of the molecule is Cc1cc(Br)cc([N+](=O)[O-])c1Oc1ncc(Br)cc1F. The summed E-state index contributed by atoms with van der Waals surface area (Å²) < 4.78 is 19.9. The van der Waals surface area contributed by atoms with E-state index in [1.165, 1.54) is 18.3 Å². The molecule has 2 rings (SSSR count). The van der Waals surface area contributed by atoms with Crippen LogP contribution in [0.15, 0.2) is 33.3 Å². The quantitative estimate of drug-likeness (QED) is 0.545. The normalized spacial score (nSPS) is 10.4. The zero-order valence-electron chi connectivity index (χ0n) is 10.1. The second-order valence-corrected chi connectivity index (χ2v) is 5.70. The third-order valence-electron chi connectivity index (χ3n) is 2.39. The van der Waals surface area contributed by atoms with E-state index in [1.54, 1.807) is 13.0 Å². The minimum atomic E-state index is -0.712. The summed E-state index contributed by atoms with van der Waals surface area (Å²) in [7, 11) is 0. The van der Waals surface area contributed by atoms with Gasteiger partial charge in [0.2, 0.25) is 5.75 Å². The molecule has 0 saturated carbocycles. The molecule has 5 nitrogen and oxygen atoms in total. The zero-order valence-corrected chi connectivity index (χ0v) is 13.2. The molecule has 0 unspecified atom stereocenters. The molecule has 0 amide bonds. The maximum absolute atomic E-state index is 13.7. The highest BCUT2D eigenvalue weighted by atomic mass is 79.9. The summed E-state index contributed by atoms with van der Waals surface area (Å²) in [4.78, 5) is 14.2. The Balaban J connectivity index is 2.50. The molecule has 0 aliphatic rings. The molecule has 0 fully saturated rings. The Morgan fingerprint density at radius 3 is 2.60 bits per heavy atom. The van der Waals surface area contributed by atoms with Gasteiger partial charge in [-0.25, -0.2) is 9.37 Å². The third-order valence-corrected chi connectivity index (χ3v) is 3.28. The lowest BCUT2D eigenvalue weighted by Gasteiger charge is -2.09. The van der Waals surface area contributed by atoms with Crippen molar-refractivity contribution in [3.63, 3.8) is 0 Å². The Morgan fingerprint density at radius 2 is 2.00 bits per heavy atom. The summed E-state index contributed by atoms with van der Waals surface area (Å²) in [5, 5.41) is 11.0. The summed E-state index contributed by atoms with van der Waals surface area (Å²) >= 11 is 6.24. The van der Waals surface area contributed by atoms with E-state index in [4.69, 9.17) is 4.74 Å². The summed E-state index contributed by atoms with van der Waals surface area (Å²) in [5.41, 5.74) is 0.233. The molecular formula is C12H7Br2FN2O3. The van der Waals surface area contributed by atoms with E-state index < -0.39 is 10.7 Å². The number of nitrogens with zero attached hydrogens (tertiary/aromatic N) is 2. The van der Waals surface area contributed by atoms with Crippen LogP contribution >= 0.6 is 31.9 Å². The predicted octanol–water partition coefficient (Wildman–Crippen LogP) is 4.75. The van der Waals surface area contributed by atoms with Crippen LogP contribution in [0.2, 0.25) is 0 Å². The molecule has 104 valence electrons. The van der Waals surface area contributed by atoms with Crippen LogP contribution in [0, 0.1) is 22.9 Å². The van der Waals surface area contributed by atoms with Crippen LogP contribution in [-0.2, 0) is 0 Å². The first-order valence-corrected chi connectivity index (χ1v) is 6.90. The van der Waals surface area contributed by atoms with Gasteiger partial charge in [0, 0.05) is 26.8 Å². The van der Waals surface area contributed by atoms with E-state index in [1.807, 2.05) is 0 Å². The Bertz CT molecular complexity index is 695. The second-order valence-electron chi connectivity index (χ2n) is 3.87. The Labute approximate surface area is 130 Å². The van der Waals surface area contributed by atoms with E-state index in [0.29, 0.717) is 14.5 Å². The first-order chi connectivity index (χ1) is 9.38. The number of ether oxygens (including phenoxy) is 1. The van der Waals surface area contributed by atoms with Crippen molar-refractivity contribution in [3.8, 4) is 11.6 Å². The lowest BCUT2D eigenvalue weighted by molar-refractivity contribution is -0.385. The van der Waals surface area contributed by atoms with Crippen molar-refractivity contribution < 1.29 is 14.1 Å². The molecule has 0 bridgehead atoms. The van der Waals surface area contributed by atoms with Gasteiger partial charge in [0.1, 0.15) is 0 Å². The molecule has 0 aliphatic heterocycles. The van der Waals surface area contributed by atoms with Gasteiger partial charge >= 0.3 is 5.69 Å². The van der Waals surface area contributed by atoms with Gasteiger partial charge in [-0.05, 0) is 35.0 Å². The van der Waals surface area contributed by atoms with E-state index >= 15 is 0 Å². The van der Waals surface area contributed by atoms with Crippen LogP contribution in [-0.4, -0.2) is 9.91 Å². The van der Waals surface area contributed by atoms with Gasteiger partial charge in [0.25, 0.3) is 5.88 Å². The second kappa shape index (κ2) is 5.84. The van der Waals surface area contributed by atoms with Crippen molar-refractivity contribution in [2.45, 2.75) is 6.92 Å². The predicted molar refractivity (Wildman–Crippen MR) is 77.5 cm³/mol. The van der Waals surface area contributed by atoms with Gasteiger partial charge in [0.15, 0.2) is 5.82 Å². The molecule has 0 N–H and O–H groups in total. The van der Waals surface area contributed by atoms with Crippen molar-refractivity contribution in [3.05, 3.63) is 54.8 Å². The highest BCUT2D eigenvalue weighted by Gasteiger charge is 2.21. The molecule has 0 aliphatic carbocycles. The number of pyridine rings is 1. The lowest BCUT2D eigenvalue weighted by Crippen LogP contribution is -1.99.